The van der Waals surface area contributed by atoms with E-state index < -0.39 is 5.97 Å². The molecule has 2 aromatic rings. The quantitative estimate of drug-likeness (QED) is 0.886. The van der Waals surface area contributed by atoms with Crippen LogP contribution in [-0.2, 0) is 0 Å². The van der Waals surface area contributed by atoms with E-state index in [-0.39, 0.29) is 17.7 Å². The number of hydrogen-bond donors (Lipinski definition) is 2. The van der Waals surface area contributed by atoms with Gasteiger partial charge in [0.1, 0.15) is 5.75 Å². The Balaban J connectivity index is 2.34. The predicted molar refractivity (Wildman–Crippen MR) is 74.6 cm³/mol. The topological polar surface area (TPSA) is 98.3 Å². The number of rotatable bonds is 4. The summed E-state index contributed by atoms with van der Waals surface area (Å²) in [6.07, 6.45) is 0.0918. The van der Waals surface area contributed by atoms with Crippen molar-refractivity contribution >= 4 is 11.9 Å². The van der Waals surface area contributed by atoms with Crippen LogP contribution in [0.2, 0.25) is 0 Å². The molecule has 0 spiro atoms. The molecule has 3 N–H and O–H groups in total. The molecule has 0 unspecified atom stereocenters. The van der Waals surface area contributed by atoms with Gasteiger partial charge in [-0.3, -0.25) is 0 Å². The Morgan fingerprint density at radius 3 is 2.45 bits per heavy atom. The molecule has 0 amide bonds. The third-order valence-electron chi connectivity index (χ3n) is 2.48. The predicted octanol–water partition coefficient (Wildman–Crippen LogP) is 2.21. The van der Waals surface area contributed by atoms with Gasteiger partial charge in [-0.25, -0.2) is 14.8 Å². The molecule has 0 aliphatic carbocycles. The largest absolute Gasteiger partial charge is 0.491 e. The Kier molecular flexibility index (Phi) is 3.84. The third-order valence-corrected chi connectivity index (χ3v) is 2.48. The minimum absolute atomic E-state index is 0.0672. The van der Waals surface area contributed by atoms with E-state index in [1.54, 1.807) is 24.3 Å². The van der Waals surface area contributed by atoms with Crippen LogP contribution in [0.25, 0.3) is 11.3 Å². The van der Waals surface area contributed by atoms with E-state index in [9.17, 15) is 4.79 Å². The molecule has 0 bridgehead atoms. The highest BCUT2D eigenvalue weighted by molar-refractivity contribution is 5.87. The van der Waals surface area contributed by atoms with Crippen LogP contribution in [0, 0.1) is 0 Å². The number of carbonyl (C=O) groups is 1. The van der Waals surface area contributed by atoms with E-state index in [2.05, 4.69) is 9.97 Å². The zero-order chi connectivity index (χ0) is 14.7. The van der Waals surface area contributed by atoms with E-state index in [1.165, 1.54) is 6.07 Å². The Hall–Kier alpha value is -2.63. The molecule has 20 heavy (non-hydrogen) atoms. The van der Waals surface area contributed by atoms with Crippen LogP contribution < -0.4 is 10.5 Å². The van der Waals surface area contributed by atoms with Crippen LogP contribution >= 0.6 is 0 Å². The molecule has 104 valence electrons. The fourth-order valence-corrected chi connectivity index (χ4v) is 1.70. The molecule has 0 saturated heterocycles. The van der Waals surface area contributed by atoms with Crippen LogP contribution in [0.4, 0.5) is 5.95 Å². The second-order valence-electron chi connectivity index (χ2n) is 4.49. The van der Waals surface area contributed by atoms with E-state index in [0.29, 0.717) is 5.69 Å². The number of benzene rings is 1. The Bertz CT molecular complexity index is 624. The van der Waals surface area contributed by atoms with Gasteiger partial charge in [0.25, 0.3) is 0 Å². The fourth-order valence-electron chi connectivity index (χ4n) is 1.70. The standard InChI is InChI=1S/C14H15N3O3/c1-8(2)20-10-5-3-9(4-6-10)11-7-12(13(18)19)17-14(15)16-11/h3-8H,1-2H3,(H,18,19)(H2,15,16,17). The molecular formula is C14H15N3O3. The summed E-state index contributed by atoms with van der Waals surface area (Å²) in [4.78, 5) is 18.6. The minimum atomic E-state index is -1.14. The smallest absolute Gasteiger partial charge is 0.354 e. The van der Waals surface area contributed by atoms with E-state index in [0.717, 1.165) is 11.3 Å². The van der Waals surface area contributed by atoms with Gasteiger partial charge in [-0.15, -0.1) is 0 Å². The molecule has 2 rings (SSSR count). The number of aromatic nitrogens is 2. The second kappa shape index (κ2) is 5.56. The number of nitrogen functional groups attached to an aromatic ring is 1. The fraction of sp³-hybridized carbons (Fsp3) is 0.214. The van der Waals surface area contributed by atoms with Gasteiger partial charge in [0, 0.05) is 5.56 Å². The van der Waals surface area contributed by atoms with Crippen molar-refractivity contribution in [3.63, 3.8) is 0 Å². The number of nitrogens with zero attached hydrogens (tertiary/aromatic N) is 2. The van der Waals surface area contributed by atoms with Gasteiger partial charge in [0.15, 0.2) is 5.69 Å². The van der Waals surface area contributed by atoms with E-state index in [4.69, 9.17) is 15.6 Å². The van der Waals surface area contributed by atoms with Gasteiger partial charge in [-0.1, -0.05) is 0 Å². The molecule has 0 aliphatic rings. The highest BCUT2D eigenvalue weighted by Crippen LogP contribution is 2.22. The van der Waals surface area contributed by atoms with Crippen molar-refractivity contribution in [3.8, 4) is 17.0 Å². The van der Waals surface area contributed by atoms with Crippen molar-refractivity contribution < 1.29 is 14.6 Å². The number of aromatic carboxylic acids is 1. The van der Waals surface area contributed by atoms with Gasteiger partial charge in [0.05, 0.1) is 11.8 Å². The lowest BCUT2D eigenvalue weighted by atomic mass is 10.1. The summed E-state index contributed by atoms with van der Waals surface area (Å²) in [5, 5.41) is 8.96. The van der Waals surface area contributed by atoms with Crippen LogP contribution in [0.3, 0.4) is 0 Å². The van der Waals surface area contributed by atoms with Gasteiger partial charge < -0.3 is 15.6 Å². The highest BCUT2D eigenvalue weighted by Gasteiger charge is 2.10. The first-order chi connectivity index (χ1) is 9.45. The molecule has 0 aliphatic heterocycles. The molecule has 0 radical (unpaired) electrons. The van der Waals surface area contributed by atoms with Crippen molar-refractivity contribution in [1.29, 1.82) is 0 Å². The Morgan fingerprint density at radius 1 is 1.25 bits per heavy atom. The summed E-state index contributed by atoms with van der Waals surface area (Å²) in [5.74, 6) is -0.466. The number of carboxylic acids is 1. The molecule has 1 heterocycles. The van der Waals surface area contributed by atoms with Crippen LogP contribution in [0.5, 0.6) is 5.75 Å². The molecule has 6 heteroatoms. The van der Waals surface area contributed by atoms with Gasteiger partial charge in [-0.2, -0.15) is 0 Å². The summed E-state index contributed by atoms with van der Waals surface area (Å²) in [7, 11) is 0. The van der Waals surface area contributed by atoms with Crippen molar-refractivity contribution in [1.82, 2.24) is 9.97 Å². The zero-order valence-electron chi connectivity index (χ0n) is 11.2. The molecule has 1 aromatic carbocycles. The highest BCUT2D eigenvalue weighted by atomic mass is 16.5. The molecule has 0 saturated carbocycles. The maximum Gasteiger partial charge on any atom is 0.354 e. The van der Waals surface area contributed by atoms with Crippen LogP contribution in [-0.4, -0.2) is 27.1 Å². The number of hydrogen-bond acceptors (Lipinski definition) is 5. The van der Waals surface area contributed by atoms with Crippen molar-refractivity contribution in [3.05, 3.63) is 36.0 Å². The zero-order valence-corrected chi connectivity index (χ0v) is 11.2. The average molecular weight is 273 g/mol. The maximum atomic E-state index is 10.9. The normalized spacial score (nSPS) is 10.6. The minimum Gasteiger partial charge on any atom is -0.491 e. The lowest BCUT2D eigenvalue weighted by molar-refractivity contribution is 0.0690. The molecule has 6 nitrogen and oxygen atoms in total. The van der Waals surface area contributed by atoms with Gasteiger partial charge in [0.2, 0.25) is 5.95 Å². The molecule has 0 atom stereocenters. The van der Waals surface area contributed by atoms with Crippen molar-refractivity contribution in [2.24, 2.45) is 0 Å². The number of nitrogens with two attached hydrogens (primary N) is 1. The SMILES string of the molecule is CC(C)Oc1ccc(-c2cc(C(=O)O)nc(N)n2)cc1. The van der Waals surface area contributed by atoms with E-state index in [1.807, 2.05) is 13.8 Å². The Labute approximate surface area is 116 Å². The monoisotopic (exact) mass is 273 g/mol. The summed E-state index contributed by atoms with van der Waals surface area (Å²) in [5.41, 5.74) is 6.60. The van der Waals surface area contributed by atoms with Gasteiger partial charge >= 0.3 is 5.97 Å². The summed E-state index contributed by atoms with van der Waals surface area (Å²) < 4.78 is 5.54. The Morgan fingerprint density at radius 2 is 1.90 bits per heavy atom. The molecule has 1 aromatic heterocycles. The first kappa shape index (κ1) is 13.8. The number of anilines is 1. The molecule has 0 fully saturated rings. The lowest BCUT2D eigenvalue weighted by Crippen LogP contribution is -2.06. The second-order valence-corrected chi connectivity index (χ2v) is 4.49. The van der Waals surface area contributed by atoms with Crippen LogP contribution in [0.15, 0.2) is 30.3 Å². The first-order valence-corrected chi connectivity index (χ1v) is 6.10. The lowest BCUT2D eigenvalue weighted by Gasteiger charge is -2.10. The number of ether oxygens (including phenoxy) is 1. The third kappa shape index (κ3) is 3.23. The summed E-state index contributed by atoms with van der Waals surface area (Å²) in [6, 6.07) is 8.58. The first-order valence-electron chi connectivity index (χ1n) is 6.10. The van der Waals surface area contributed by atoms with E-state index >= 15 is 0 Å². The van der Waals surface area contributed by atoms with Crippen LogP contribution in [0.1, 0.15) is 24.3 Å². The maximum absolute atomic E-state index is 10.9. The summed E-state index contributed by atoms with van der Waals surface area (Å²) in [6.45, 7) is 3.89. The average Bonchev–Trinajstić information content (AvgIpc) is 2.38. The van der Waals surface area contributed by atoms with Crippen molar-refractivity contribution in [2.75, 3.05) is 5.73 Å². The van der Waals surface area contributed by atoms with Gasteiger partial charge in [-0.05, 0) is 44.2 Å². The number of carboxylic acid groups (broad SMARTS) is 1. The van der Waals surface area contributed by atoms with Crippen molar-refractivity contribution in [2.45, 2.75) is 20.0 Å². The summed E-state index contributed by atoms with van der Waals surface area (Å²) >= 11 is 0. The molecular weight excluding hydrogens is 258 g/mol.